The van der Waals surface area contributed by atoms with E-state index in [4.69, 9.17) is 14.2 Å². The summed E-state index contributed by atoms with van der Waals surface area (Å²) in [7, 11) is 0. The quantitative estimate of drug-likeness (QED) is 0.498. The molecule has 0 amide bonds. The van der Waals surface area contributed by atoms with Crippen LogP contribution in [-0.2, 0) is 9.47 Å². The standard InChI is InChI=1S/C24H23NO3/c1-2-26-22-13-11-21(12-14-22)25(19-7-3-17(4-8-19)23-15-27-23)20-9-5-18(6-10-20)24-16-28-24/h3-14,23-24H,2,15-16H2,1H3. The van der Waals surface area contributed by atoms with Gasteiger partial charge in [-0.1, -0.05) is 24.3 Å². The van der Waals surface area contributed by atoms with Gasteiger partial charge in [0.2, 0.25) is 0 Å². The minimum atomic E-state index is 0.269. The average molecular weight is 373 g/mol. The maximum absolute atomic E-state index is 5.60. The zero-order valence-corrected chi connectivity index (χ0v) is 15.9. The van der Waals surface area contributed by atoms with Crippen LogP contribution in [0.1, 0.15) is 30.3 Å². The molecule has 2 atom stereocenters. The van der Waals surface area contributed by atoms with Crippen molar-refractivity contribution in [3.05, 3.63) is 83.9 Å². The Morgan fingerprint density at radius 1 is 0.714 bits per heavy atom. The molecular formula is C24H23NO3. The van der Waals surface area contributed by atoms with Crippen LogP contribution in [0.4, 0.5) is 17.1 Å². The number of anilines is 3. The summed E-state index contributed by atoms with van der Waals surface area (Å²) in [5, 5.41) is 0. The highest BCUT2D eigenvalue weighted by molar-refractivity contribution is 5.77. The van der Waals surface area contributed by atoms with E-state index in [-0.39, 0.29) is 12.2 Å². The fourth-order valence-electron chi connectivity index (χ4n) is 3.46. The summed E-state index contributed by atoms with van der Waals surface area (Å²) in [6, 6.07) is 25.5. The van der Waals surface area contributed by atoms with Gasteiger partial charge in [-0.05, 0) is 66.6 Å². The van der Waals surface area contributed by atoms with E-state index in [0.29, 0.717) is 6.61 Å². The summed E-state index contributed by atoms with van der Waals surface area (Å²) in [5.41, 5.74) is 5.79. The number of benzene rings is 3. The summed E-state index contributed by atoms with van der Waals surface area (Å²) in [6.07, 6.45) is 0.539. The van der Waals surface area contributed by atoms with Crippen molar-refractivity contribution < 1.29 is 14.2 Å². The fourth-order valence-corrected chi connectivity index (χ4v) is 3.46. The largest absolute Gasteiger partial charge is 0.494 e. The summed E-state index contributed by atoms with van der Waals surface area (Å²) >= 11 is 0. The molecule has 3 aromatic carbocycles. The molecule has 4 heteroatoms. The van der Waals surface area contributed by atoms with Crippen molar-refractivity contribution in [1.82, 2.24) is 0 Å². The lowest BCUT2D eigenvalue weighted by molar-refractivity contribution is 0.340. The second-order valence-electron chi connectivity index (χ2n) is 7.09. The molecule has 0 aliphatic carbocycles. The Morgan fingerprint density at radius 3 is 1.46 bits per heavy atom. The van der Waals surface area contributed by atoms with Crippen molar-refractivity contribution in [3.8, 4) is 5.75 Å². The molecule has 2 fully saturated rings. The van der Waals surface area contributed by atoms with Gasteiger partial charge in [0.25, 0.3) is 0 Å². The SMILES string of the molecule is CCOc1ccc(N(c2ccc(C3CO3)cc2)c2ccc(C3CO3)cc2)cc1. The molecule has 5 rings (SSSR count). The van der Waals surface area contributed by atoms with Crippen LogP contribution in [-0.4, -0.2) is 19.8 Å². The van der Waals surface area contributed by atoms with Gasteiger partial charge in [-0.2, -0.15) is 0 Å². The molecule has 3 aromatic rings. The van der Waals surface area contributed by atoms with Gasteiger partial charge in [-0.3, -0.25) is 0 Å². The number of ether oxygens (including phenoxy) is 3. The van der Waals surface area contributed by atoms with Crippen molar-refractivity contribution in [2.24, 2.45) is 0 Å². The van der Waals surface area contributed by atoms with Crippen LogP contribution in [0, 0.1) is 0 Å². The first kappa shape index (κ1) is 17.3. The van der Waals surface area contributed by atoms with Crippen molar-refractivity contribution in [1.29, 1.82) is 0 Å². The van der Waals surface area contributed by atoms with Crippen LogP contribution in [0.2, 0.25) is 0 Å². The first-order valence-electron chi connectivity index (χ1n) is 9.78. The van der Waals surface area contributed by atoms with E-state index < -0.39 is 0 Å². The molecule has 2 saturated heterocycles. The number of hydrogen-bond acceptors (Lipinski definition) is 4. The summed E-state index contributed by atoms with van der Waals surface area (Å²) in [5.74, 6) is 0.883. The maximum atomic E-state index is 5.60. The Morgan fingerprint density at radius 2 is 1.11 bits per heavy atom. The molecule has 28 heavy (non-hydrogen) atoms. The van der Waals surface area contributed by atoms with E-state index in [1.165, 1.54) is 11.1 Å². The molecule has 2 aliphatic heterocycles. The van der Waals surface area contributed by atoms with Gasteiger partial charge in [0.1, 0.15) is 18.0 Å². The van der Waals surface area contributed by atoms with E-state index >= 15 is 0 Å². The number of epoxide rings is 2. The summed E-state index contributed by atoms with van der Waals surface area (Å²) in [6.45, 7) is 4.31. The van der Waals surface area contributed by atoms with Crippen LogP contribution < -0.4 is 9.64 Å². The van der Waals surface area contributed by atoms with Crippen molar-refractivity contribution in [3.63, 3.8) is 0 Å². The van der Waals surface area contributed by atoms with E-state index in [9.17, 15) is 0 Å². The topological polar surface area (TPSA) is 37.5 Å². The third kappa shape index (κ3) is 3.61. The first-order valence-corrected chi connectivity index (χ1v) is 9.78. The van der Waals surface area contributed by atoms with E-state index in [2.05, 4.69) is 65.6 Å². The smallest absolute Gasteiger partial charge is 0.119 e. The second kappa shape index (κ2) is 7.30. The van der Waals surface area contributed by atoms with Crippen LogP contribution in [0.3, 0.4) is 0 Å². The highest BCUT2D eigenvalue weighted by Gasteiger charge is 2.26. The van der Waals surface area contributed by atoms with Gasteiger partial charge in [-0.25, -0.2) is 0 Å². The molecule has 0 aromatic heterocycles. The Kier molecular flexibility index (Phi) is 4.51. The average Bonchev–Trinajstić information content (AvgIpc) is 3.64. The van der Waals surface area contributed by atoms with Gasteiger partial charge in [0, 0.05) is 17.1 Å². The zero-order chi connectivity index (χ0) is 18.9. The van der Waals surface area contributed by atoms with Gasteiger partial charge < -0.3 is 19.1 Å². The van der Waals surface area contributed by atoms with Gasteiger partial charge in [0.05, 0.1) is 19.8 Å². The predicted octanol–water partition coefficient (Wildman–Crippen LogP) is 5.70. The van der Waals surface area contributed by atoms with Crippen LogP contribution >= 0.6 is 0 Å². The molecule has 0 N–H and O–H groups in total. The molecule has 142 valence electrons. The van der Waals surface area contributed by atoms with Gasteiger partial charge >= 0.3 is 0 Å². The molecule has 0 saturated carbocycles. The first-order chi connectivity index (χ1) is 13.8. The maximum Gasteiger partial charge on any atom is 0.119 e. The van der Waals surface area contributed by atoms with Gasteiger partial charge in [0.15, 0.2) is 0 Å². The molecule has 0 bridgehead atoms. The lowest BCUT2D eigenvalue weighted by Gasteiger charge is -2.26. The Bertz CT molecular complexity index is 872. The third-order valence-corrected chi connectivity index (χ3v) is 5.12. The normalized spacial score (nSPS) is 19.9. The van der Waals surface area contributed by atoms with E-state index in [0.717, 1.165) is 36.0 Å². The minimum absolute atomic E-state index is 0.269. The van der Waals surface area contributed by atoms with Gasteiger partial charge in [-0.15, -0.1) is 0 Å². The number of hydrogen-bond donors (Lipinski definition) is 0. The molecule has 0 spiro atoms. The molecule has 2 unspecified atom stereocenters. The molecule has 0 radical (unpaired) electrons. The fraction of sp³-hybridized carbons (Fsp3) is 0.250. The number of rotatable bonds is 7. The highest BCUT2D eigenvalue weighted by atomic mass is 16.6. The number of nitrogens with zero attached hydrogens (tertiary/aromatic N) is 1. The zero-order valence-electron chi connectivity index (χ0n) is 15.9. The molecular weight excluding hydrogens is 350 g/mol. The predicted molar refractivity (Wildman–Crippen MR) is 110 cm³/mol. The molecule has 2 heterocycles. The van der Waals surface area contributed by atoms with E-state index in [1.807, 2.05) is 19.1 Å². The Balaban J connectivity index is 1.50. The van der Waals surface area contributed by atoms with E-state index in [1.54, 1.807) is 0 Å². The second-order valence-corrected chi connectivity index (χ2v) is 7.09. The lowest BCUT2D eigenvalue weighted by Crippen LogP contribution is -2.10. The van der Waals surface area contributed by atoms with Crippen molar-refractivity contribution >= 4 is 17.1 Å². The van der Waals surface area contributed by atoms with Crippen LogP contribution in [0.15, 0.2) is 72.8 Å². The third-order valence-electron chi connectivity index (χ3n) is 5.12. The Labute approximate surface area is 165 Å². The summed E-state index contributed by atoms with van der Waals surface area (Å²) < 4.78 is 16.4. The molecule has 2 aliphatic rings. The van der Waals surface area contributed by atoms with Crippen molar-refractivity contribution in [2.45, 2.75) is 19.1 Å². The Hall–Kier alpha value is -2.82. The van der Waals surface area contributed by atoms with Crippen LogP contribution in [0.5, 0.6) is 5.75 Å². The molecule has 4 nitrogen and oxygen atoms in total. The van der Waals surface area contributed by atoms with Crippen molar-refractivity contribution in [2.75, 3.05) is 24.7 Å². The monoisotopic (exact) mass is 373 g/mol. The summed E-state index contributed by atoms with van der Waals surface area (Å²) in [4.78, 5) is 2.25. The highest BCUT2D eigenvalue weighted by Crippen LogP contribution is 2.38. The van der Waals surface area contributed by atoms with Crippen LogP contribution in [0.25, 0.3) is 0 Å². The lowest BCUT2D eigenvalue weighted by atomic mass is 10.1. The minimum Gasteiger partial charge on any atom is -0.494 e.